The molecule has 0 aliphatic rings. The summed E-state index contributed by atoms with van der Waals surface area (Å²) in [6, 6.07) is 22.2. The molecule has 4 aromatic rings. The molecule has 5 N–H and O–H groups in total. The maximum absolute atomic E-state index is 12.6. The van der Waals surface area contributed by atoms with E-state index in [0.717, 1.165) is 16.3 Å². The Balaban J connectivity index is 0.00000240. The third-order valence-electron chi connectivity index (χ3n) is 4.19. The fraction of sp³-hybridized carbons (Fsp3) is 0. The van der Waals surface area contributed by atoms with Gasteiger partial charge in [-0.15, -0.1) is 12.4 Å². The minimum absolute atomic E-state index is 0. The van der Waals surface area contributed by atoms with Crippen molar-refractivity contribution in [2.75, 3.05) is 5.32 Å². The normalized spacial score (nSPS) is 10.2. The number of anilines is 1. The SMILES string of the molecule is Cl.NC(N)=Nc1ccc(-c2cc(C(=O)Nc3cccc4ccccc34)no2)cc1. The number of aliphatic imine (C=N–C) groups is 1. The first-order valence-electron chi connectivity index (χ1n) is 8.56. The number of carbonyl (C=O) groups is 1. The van der Waals surface area contributed by atoms with Gasteiger partial charge in [0, 0.05) is 22.7 Å². The summed E-state index contributed by atoms with van der Waals surface area (Å²) in [5.74, 6) is 0.114. The van der Waals surface area contributed by atoms with Gasteiger partial charge in [0.15, 0.2) is 17.4 Å². The highest BCUT2D eigenvalue weighted by Gasteiger charge is 2.15. The van der Waals surface area contributed by atoms with Crippen molar-refractivity contribution in [2.24, 2.45) is 16.5 Å². The predicted molar refractivity (Wildman–Crippen MR) is 117 cm³/mol. The first-order chi connectivity index (χ1) is 13.6. The molecule has 0 bridgehead atoms. The molecule has 0 atom stereocenters. The summed E-state index contributed by atoms with van der Waals surface area (Å²) in [6.07, 6.45) is 0. The van der Waals surface area contributed by atoms with Crippen molar-refractivity contribution in [3.05, 3.63) is 78.5 Å². The van der Waals surface area contributed by atoms with E-state index in [1.54, 1.807) is 30.3 Å². The fourth-order valence-corrected chi connectivity index (χ4v) is 2.89. The Labute approximate surface area is 172 Å². The van der Waals surface area contributed by atoms with Gasteiger partial charge in [-0.05, 0) is 35.7 Å². The van der Waals surface area contributed by atoms with Crippen LogP contribution in [-0.2, 0) is 0 Å². The second-order valence-electron chi connectivity index (χ2n) is 6.14. The molecule has 4 rings (SSSR count). The molecule has 0 unspecified atom stereocenters. The van der Waals surface area contributed by atoms with Gasteiger partial charge < -0.3 is 21.3 Å². The van der Waals surface area contributed by atoms with Gasteiger partial charge >= 0.3 is 0 Å². The Kier molecular flexibility index (Phi) is 5.80. The van der Waals surface area contributed by atoms with Gasteiger partial charge in [-0.3, -0.25) is 4.79 Å². The minimum Gasteiger partial charge on any atom is -0.370 e. The molecule has 1 amide bonds. The van der Waals surface area contributed by atoms with Gasteiger partial charge in [-0.1, -0.05) is 41.6 Å². The lowest BCUT2D eigenvalue weighted by atomic mass is 10.1. The fourth-order valence-electron chi connectivity index (χ4n) is 2.89. The lowest BCUT2D eigenvalue weighted by Crippen LogP contribution is -2.21. The highest BCUT2D eigenvalue weighted by molar-refractivity contribution is 6.08. The summed E-state index contributed by atoms with van der Waals surface area (Å²) in [4.78, 5) is 16.6. The first-order valence-corrected chi connectivity index (χ1v) is 8.56. The topological polar surface area (TPSA) is 120 Å². The minimum atomic E-state index is -0.344. The second-order valence-corrected chi connectivity index (χ2v) is 6.14. The van der Waals surface area contributed by atoms with Crippen LogP contribution in [0.15, 0.2) is 82.3 Å². The van der Waals surface area contributed by atoms with E-state index in [1.807, 2.05) is 42.5 Å². The number of amides is 1. The van der Waals surface area contributed by atoms with Crippen LogP contribution in [-0.4, -0.2) is 17.0 Å². The van der Waals surface area contributed by atoms with Crippen molar-refractivity contribution in [1.29, 1.82) is 0 Å². The van der Waals surface area contributed by atoms with Crippen LogP contribution in [0.25, 0.3) is 22.1 Å². The van der Waals surface area contributed by atoms with E-state index in [4.69, 9.17) is 16.0 Å². The van der Waals surface area contributed by atoms with Crippen LogP contribution >= 0.6 is 12.4 Å². The maximum Gasteiger partial charge on any atom is 0.277 e. The monoisotopic (exact) mass is 407 g/mol. The predicted octanol–water partition coefficient (Wildman–Crippen LogP) is 4.07. The number of carbonyl (C=O) groups excluding carboxylic acids is 1. The number of rotatable bonds is 4. The van der Waals surface area contributed by atoms with Gasteiger partial charge in [0.1, 0.15) is 0 Å². The van der Waals surface area contributed by atoms with Crippen molar-refractivity contribution < 1.29 is 9.32 Å². The van der Waals surface area contributed by atoms with Gasteiger partial charge in [-0.2, -0.15) is 0 Å². The van der Waals surface area contributed by atoms with E-state index in [1.165, 1.54) is 0 Å². The molecule has 0 radical (unpaired) electrons. The Morgan fingerprint density at radius 3 is 2.45 bits per heavy atom. The van der Waals surface area contributed by atoms with Crippen molar-refractivity contribution in [3.63, 3.8) is 0 Å². The molecule has 7 nitrogen and oxygen atoms in total. The van der Waals surface area contributed by atoms with Crippen LogP contribution in [0, 0.1) is 0 Å². The summed E-state index contributed by atoms with van der Waals surface area (Å²) < 4.78 is 5.32. The highest BCUT2D eigenvalue weighted by atomic mass is 35.5. The average Bonchev–Trinajstić information content (AvgIpc) is 3.19. The number of benzene rings is 3. The lowest BCUT2D eigenvalue weighted by molar-refractivity contribution is 0.101. The lowest BCUT2D eigenvalue weighted by Gasteiger charge is -2.06. The molecular weight excluding hydrogens is 390 g/mol. The van der Waals surface area contributed by atoms with Gasteiger partial charge in [-0.25, -0.2) is 4.99 Å². The summed E-state index contributed by atoms with van der Waals surface area (Å²) >= 11 is 0. The number of fused-ring (bicyclic) bond motifs is 1. The zero-order chi connectivity index (χ0) is 19.5. The molecule has 0 saturated carbocycles. The molecule has 29 heavy (non-hydrogen) atoms. The molecule has 8 heteroatoms. The second kappa shape index (κ2) is 8.45. The summed E-state index contributed by atoms with van der Waals surface area (Å²) in [5.41, 5.74) is 13.0. The maximum atomic E-state index is 12.6. The summed E-state index contributed by atoms with van der Waals surface area (Å²) in [6.45, 7) is 0. The number of halogens is 1. The van der Waals surface area contributed by atoms with Gasteiger partial charge in [0.05, 0.1) is 5.69 Å². The zero-order valence-corrected chi connectivity index (χ0v) is 16.0. The van der Waals surface area contributed by atoms with Crippen molar-refractivity contribution in [3.8, 4) is 11.3 Å². The van der Waals surface area contributed by atoms with Crippen LogP contribution in [0.4, 0.5) is 11.4 Å². The van der Waals surface area contributed by atoms with Crippen LogP contribution in [0.5, 0.6) is 0 Å². The number of nitrogens with zero attached hydrogens (tertiary/aromatic N) is 2. The first kappa shape index (κ1) is 19.9. The molecule has 1 aromatic heterocycles. The molecule has 0 aliphatic carbocycles. The van der Waals surface area contributed by atoms with Crippen LogP contribution in [0.2, 0.25) is 0 Å². The number of nitrogens with two attached hydrogens (primary N) is 2. The van der Waals surface area contributed by atoms with Crippen LogP contribution in [0.3, 0.4) is 0 Å². The Hall–Kier alpha value is -3.84. The summed E-state index contributed by atoms with van der Waals surface area (Å²) in [5, 5.41) is 8.77. The Morgan fingerprint density at radius 2 is 1.69 bits per heavy atom. The Bertz CT molecular complexity index is 1180. The Morgan fingerprint density at radius 1 is 0.966 bits per heavy atom. The largest absolute Gasteiger partial charge is 0.370 e. The molecule has 3 aromatic carbocycles. The number of guanidine groups is 1. The quantitative estimate of drug-likeness (QED) is 0.348. The summed E-state index contributed by atoms with van der Waals surface area (Å²) in [7, 11) is 0. The van der Waals surface area contributed by atoms with Crippen LogP contribution in [0.1, 0.15) is 10.5 Å². The van der Waals surface area contributed by atoms with Crippen molar-refractivity contribution >= 4 is 46.4 Å². The molecular formula is C21H18ClN5O2. The molecule has 0 saturated heterocycles. The number of nitrogens with one attached hydrogen (secondary N) is 1. The van der Waals surface area contributed by atoms with Gasteiger partial charge in [0.25, 0.3) is 5.91 Å². The third kappa shape index (κ3) is 4.36. The van der Waals surface area contributed by atoms with Crippen LogP contribution < -0.4 is 16.8 Å². The van der Waals surface area contributed by atoms with E-state index in [0.29, 0.717) is 17.1 Å². The van der Waals surface area contributed by atoms with E-state index in [2.05, 4.69) is 15.5 Å². The number of aromatic nitrogens is 1. The van der Waals surface area contributed by atoms with Crippen molar-refractivity contribution in [1.82, 2.24) is 5.16 Å². The smallest absolute Gasteiger partial charge is 0.277 e. The van der Waals surface area contributed by atoms with E-state index >= 15 is 0 Å². The molecule has 0 spiro atoms. The number of hydrogen-bond acceptors (Lipinski definition) is 4. The van der Waals surface area contributed by atoms with E-state index in [-0.39, 0.29) is 30.0 Å². The zero-order valence-electron chi connectivity index (χ0n) is 15.2. The highest BCUT2D eigenvalue weighted by Crippen LogP contribution is 2.26. The molecule has 0 fully saturated rings. The standard InChI is InChI=1S/C21H17N5O2.ClH/c22-21(23)24-15-10-8-14(9-11-15)19-12-18(26-28-19)20(27)25-17-7-3-5-13-4-1-2-6-16(13)17;/h1-12H,(H,25,27)(H4,22,23,24);1H. The van der Waals surface area contributed by atoms with Crippen molar-refractivity contribution in [2.45, 2.75) is 0 Å². The molecule has 146 valence electrons. The van der Waals surface area contributed by atoms with Gasteiger partial charge in [0.2, 0.25) is 0 Å². The van der Waals surface area contributed by atoms with E-state index < -0.39 is 0 Å². The van der Waals surface area contributed by atoms with E-state index in [9.17, 15) is 4.79 Å². The average molecular weight is 408 g/mol. The third-order valence-corrected chi connectivity index (χ3v) is 4.19. The number of hydrogen-bond donors (Lipinski definition) is 3. The molecule has 0 aliphatic heterocycles. The molecule has 1 heterocycles.